The zero-order valence-electron chi connectivity index (χ0n) is 12.6. The zero-order valence-corrected chi connectivity index (χ0v) is 12.6. The topological polar surface area (TPSA) is 79.4 Å². The molecule has 0 spiro atoms. The SMILES string of the molecule is N=C1c2cccc(N3CCOCC3)c2C(=O)c2cccc(N)c21. The van der Waals surface area contributed by atoms with Crippen LogP contribution < -0.4 is 10.6 Å². The average molecular weight is 307 g/mol. The molecule has 116 valence electrons. The molecule has 1 aliphatic heterocycles. The molecule has 2 aromatic carbocycles. The number of nitrogens with zero attached hydrogens (tertiary/aromatic N) is 1. The third kappa shape index (κ3) is 2.04. The van der Waals surface area contributed by atoms with Gasteiger partial charge in [0.2, 0.25) is 0 Å². The Morgan fingerprint density at radius 3 is 2.48 bits per heavy atom. The van der Waals surface area contributed by atoms with E-state index in [0.29, 0.717) is 46.9 Å². The van der Waals surface area contributed by atoms with Crippen molar-refractivity contribution in [2.75, 3.05) is 36.9 Å². The molecule has 0 bridgehead atoms. The van der Waals surface area contributed by atoms with Gasteiger partial charge in [0.15, 0.2) is 5.78 Å². The van der Waals surface area contributed by atoms with Crippen molar-refractivity contribution < 1.29 is 9.53 Å². The van der Waals surface area contributed by atoms with Crippen LogP contribution in [0.5, 0.6) is 0 Å². The molecule has 1 saturated heterocycles. The monoisotopic (exact) mass is 307 g/mol. The first kappa shape index (κ1) is 14.0. The second kappa shape index (κ2) is 5.21. The summed E-state index contributed by atoms with van der Waals surface area (Å²) in [5, 5.41) is 8.52. The van der Waals surface area contributed by atoms with Gasteiger partial charge in [0.25, 0.3) is 0 Å². The highest BCUT2D eigenvalue weighted by Gasteiger charge is 2.32. The first-order valence-corrected chi connectivity index (χ1v) is 7.66. The molecule has 0 amide bonds. The highest BCUT2D eigenvalue weighted by molar-refractivity contribution is 6.32. The number of ketones is 1. The summed E-state index contributed by atoms with van der Waals surface area (Å²) in [5.41, 5.74) is 10.0. The second-order valence-corrected chi connectivity index (χ2v) is 5.77. The van der Waals surface area contributed by atoms with E-state index in [0.717, 1.165) is 18.8 Å². The van der Waals surface area contributed by atoms with Crippen molar-refractivity contribution in [1.82, 2.24) is 0 Å². The first-order valence-electron chi connectivity index (χ1n) is 7.66. The standard InChI is InChI=1S/C18H17N3O2/c19-13-5-1-4-12-15(13)17(20)11-3-2-6-14(16(11)18(12)22)21-7-9-23-10-8-21/h1-6,20H,7-10,19H2. The molecule has 0 unspecified atom stereocenters. The van der Waals surface area contributed by atoms with Crippen LogP contribution in [0, 0.1) is 5.41 Å². The van der Waals surface area contributed by atoms with E-state index in [1.807, 2.05) is 18.2 Å². The highest BCUT2D eigenvalue weighted by atomic mass is 16.5. The van der Waals surface area contributed by atoms with Gasteiger partial charge in [0.05, 0.1) is 24.5 Å². The Labute approximate surface area is 134 Å². The van der Waals surface area contributed by atoms with Crippen molar-refractivity contribution in [3.8, 4) is 0 Å². The van der Waals surface area contributed by atoms with Crippen molar-refractivity contribution in [1.29, 1.82) is 5.41 Å². The number of rotatable bonds is 1. The lowest BCUT2D eigenvalue weighted by molar-refractivity contribution is 0.103. The molecule has 3 N–H and O–H groups in total. The Balaban J connectivity index is 1.91. The summed E-state index contributed by atoms with van der Waals surface area (Å²) in [5.74, 6) is -0.0552. The number of nitrogens with two attached hydrogens (primary N) is 1. The molecular formula is C18H17N3O2. The van der Waals surface area contributed by atoms with Gasteiger partial charge in [0.1, 0.15) is 0 Å². The third-order valence-electron chi connectivity index (χ3n) is 4.48. The van der Waals surface area contributed by atoms with Gasteiger partial charge in [-0.2, -0.15) is 0 Å². The van der Waals surface area contributed by atoms with Crippen LogP contribution >= 0.6 is 0 Å². The lowest BCUT2D eigenvalue weighted by atomic mass is 9.81. The zero-order chi connectivity index (χ0) is 16.0. The predicted octanol–water partition coefficient (Wildman–Crippen LogP) is 2.07. The van der Waals surface area contributed by atoms with E-state index in [-0.39, 0.29) is 5.78 Å². The van der Waals surface area contributed by atoms with E-state index in [2.05, 4.69) is 4.90 Å². The first-order chi connectivity index (χ1) is 11.2. The van der Waals surface area contributed by atoms with Gasteiger partial charge in [-0.1, -0.05) is 24.3 Å². The molecule has 4 rings (SSSR count). The van der Waals surface area contributed by atoms with Gasteiger partial charge in [-0.25, -0.2) is 0 Å². The second-order valence-electron chi connectivity index (χ2n) is 5.77. The van der Waals surface area contributed by atoms with E-state index < -0.39 is 0 Å². The van der Waals surface area contributed by atoms with E-state index in [1.165, 1.54) is 0 Å². The van der Waals surface area contributed by atoms with Crippen LogP contribution in [0.25, 0.3) is 0 Å². The number of nitrogen functional groups attached to an aromatic ring is 1. The minimum atomic E-state index is -0.0552. The lowest BCUT2D eigenvalue weighted by Gasteiger charge is -2.32. The molecule has 1 aliphatic carbocycles. The maximum absolute atomic E-state index is 13.1. The molecule has 1 fully saturated rings. The number of benzene rings is 2. The maximum Gasteiger partial charge on any atom is 0.196 e. The summed E-state index contributed by atoms with van der Waals surface area (Å²) in [6.07, 6.45) is 0. The normalized spacial score (nSPS) is 17.0. The number of morpholine rings is 1. The Hall–Kier alpha value is -2.66. The minimum absolute atomic E-state index is 0.0552. The minimum Gasteiger partial charge on any atom is -0.398 e. The van der Waals surface area contributed by atoms with Gasteiger partial charge in [-0.05, 0) is 12.1 Å². The largest absolute Gasteiger partial charge is 0.398 e. The molecular weight excluding hydrogens is 290 g/mol. The van der Waals surface area contributed by atoms with Crippen molar-refractivity contribution >= 4 is 22.9 Å². The molecule has 23 heavy (non-hydrogen) atoms. The summed E-state index contributed by atoms with van der Waals surface area (Å²) in [6, 6.07) is 10.9. The van der Waals surface area contributed by atoms with Crippen molar-refractivity contribution in [3.05, 3.63) is 58.7 Å². The van der Waals surface area contributed by atoms with E-state index in [9.17, 15) is 4.79 Å². The van der Waals surface area contributed by atoms with Gasteiger partial charge in [0, 0.05) is 41.2 Å². The fourth-order valence-electron chi connectivity index (χ4n) is 3.36. The summed E-state index contributed by atoms with van der Waals surface area (Å²) in [7, 11) is 0. The van der Waals surface area contributed by atoms with E-state index >= 15 is 0 Å². The predicted molar refractivity (Wildman–Crippen MR) is 89.7 cm³/mol. The fourth-order valence-corrected chi connectivity index (χ4v) is 3.36. The lowest BCUT2D eigenvalue weighted by Crippen LogP contribution is -2.38. The Morgan fingerprint density at radius 1 is 1.00 bits per heavy atom. The maximum atomic E-state index is 13.1. The molecule has 0 aromatic heterocycles. The molecule has 5 nitrogen and oxygen atoms in total. The third-order valence-corrected chi connectivity index (χ3v) is 4.48. The highest BCUT2D eigenvalue weighted by Crippen LogP contribution is 2.35. The molecule has 5 heteroatoms. The number of nitrogens with one attached hydrogen (secondary N) is 1. The summed E-state index contributed by atoms with van der Waals surface area (Å²) in [6.45, 7) is 2.80. The summed E-state index contributed by atoms with van der Waals surface area (Å²) < 4.78 is 5.40. The van der Waals surface area contributed by atoms with Gasteiger partial charge in [-0.3, -0.25) is 10.2 Å². The van der Waals surface area contributed by atoms with Crippen LogP contribution in [0.1, 0.15) is 27.0 Å². The molecule has 0 radical (unpaired) electrons. The number of fused-ring (bicyclic) bond motifs is 2. The summed E-state index contributed by atoms with van der Waals surface area (Å²) in [4.78, 5) is 15.2. The van der Waals surface area contributed by atoms with Crippen molar-refractivity contribution in [2.24, 2.45) is 0 Å². The fraction of sp³-hybridized carbons (Fsp3) is 0.222. The molecule has 2 aliphatic rings. The van der Waals surface area contributed by atoms with Gasteiger partial charge >= 0.3 is 0 Å². The van der Waals surface area contributed by atoms with Crippen LogP contribution in [0.4, 0.5) is 11.4 Å². The number of carbonyl (C=O) groups is 1. The van der Waals surface area contributed by atoms with Crippen LogP contribution in [-0.4, -0.2) is 37.8 Å². The smallest absolute Gasteiger partial charge is 0.196 e. The molecule has 2 aromatic rings. The van der Waals surface area contributed by atoms with E-state index in [1.54, 1.807) is 18.2 Å². The van der Waals surface area contributed by atoms with Crippen LogP contribution in [0.3, 0.4) is 0 Å². The number of carbonyl (C=O) groups excluding carboxylic acids is 1. The van der Waals surface area contributed by atoms with Gasteiger partial charge in [-0.15, -0.1) is 0 Å². The quantitative estimate of drug-likeness (QED) is 0.675. The Morgan fingerprint density at radius 2 is 1.70 bits per heavy atom. The Kier molecular flexibility index (Phi) is 3.16. The van der Waals surface area contributed by atoms with E-state index in [4.69, 9.17) is 15.9 Å². The van der Waals surface area contributed by atoms with Gasteiger partial charge < -0.3 is 15.4 Å². The van der Waals surface area contributed by atoms with Crippen molar-refractivity contribution in [2.45, 2.75) is 0 Å². The molecule has 1 heterocycles. The Bertz CT molecular complexity index is 823. The number of hydrogen-bond acceptors (Lipinski definition) is 5. The van der Waals surface area contributed by atoms with Crippen molar-refractivity contribution in [3.63, 3.8) is 0 Å². The van der Waals surface area contributed by atoms with Crippen LogP contribution in [-0.2, 0) is 4.74 Å². The number of anilines is 2. The number of ether oxygens (including phenoxy) is 1. The number of hydrogen-bond donors (Lipinski definition) is 2. The molecule has 0 saturated carbocycles. The molecule has 0 atom stereocenters. The van der Waals surface area contributed by atoms with Crippen LogP contribution in [0.15, 0.2) is 36.4 Å². The summed E-state index contributed by atoms with van der Waals surface area (Å²) >= 11 is 0. The van der Waals surface area contributed by atoms with Crippen LogP contribution in [0.2, 0.25) is 0 Å². The average Bonchev–Trinajstić information content (AvgIpc) is 2.59.